The van der Waals surface area contributed by atoms with E-state index in [1.807, 2.05) is 44.2 Å². The normalized spacial score (nSPS) is 19.0. The molecule has 0 saturated carbocycles. The highest BCUT2D eigenvalue weighted by Crippen LogP contribution is 2.53. The van der Waals surface area contributed by atoms with Crippen LogP contribution in [-0.2, 0) is 40.6 Å². The number of likely N-dealkylation sites (N-methyl/N-ethyl adjacent to an activating group) is 1. The molecule has 2 heterocycles. The quantitative estimate of drug-likeness (QED) is 0.0546. The largest absolute Gasteiger partial charge is 0.744 e. The van der Waals surface area contributed by atoms with Crippen LogP contribution in [0.25, 0.3) is 21.5 Å². The van der Waals surface area contributed by atoms with Gasteiger partial charge in [-0.1, -0.05) is 48.6 Å². The average molecular weight is 800 g/mol. The van der Waals surface area contributed by atoms with Gasteiger partial charge < -0.3 is 23.8 Å². The zero-order chi connectivity index (χ0) is 40.6. The highest BCUT2D eigenvalue weighted by Gasteiger charge is 2.46. The van der Waals surface area contributed by atoms with E-state index in [0.717, 1.165) is 30.4 Å². The van der Waals surface area contributed by atoms with Crippen molar-refractivity contribution in [1.82, 2.24) is 0 Å². The Labute approximate surface area is 328 Å². The minimum absolute atomic E-state index is 0.0275. The van der Waals surface area contributed by atoms with Crippen molar-refractivity contribution < 1.29 is 45.2 Å². The number of anilines is 1. The number of nitrogens with zero attached hydrogens (tertiary/aromatic N) is 2. The fourth-order valence-corrected chi connectivity index (χ4v) is 9.92. The first kappa shape index (κ1) is 41.0. The van der Waals surface area contributed by atoms with E-state index in [1.165, 1.54) is 28.1 Å². The van der Waals surface area contributed by atoms with Gasteiger partial charge in [-0.2, -0.15) is 4.58 Å². The SMILES string of the molecule is CCN1/C(=C/C=C/C=C/C2=[N+](CCCCCC(=O)O)c3ccc4c(S(=O)(=O)[O-])cc(S(=O)(=O)[O-])cc4c3C2(C)C)C(C)(CCOC)c2c1ccc1ccccc21. The molecule has 6 rings (SSSR count). The maximum atomic E-state index is 12.4. The first-order chi connectivity index (χ1) is 26.4. The Kier molecular flexibility index (Phi) is 11.5. The summed E-state index contributed by atoms with van der Waals surface area (Å²) in [6, 6.07) is 17.7. The van der Waals surface area contributed by atoms with Crippen LogP contribution in [0.5, 0.6) is 0 Å². The van der Waals surface area contributed by atoms with E-state index in [9.17, 15) is 30.7 Å². The van der Waals surface area contributed by atoms with Crippen molar-refractivity contribution in [1.29, 1.82) is 0 Å². The number of aliphatic carboxylic acids is 1. The van der Waals surface area contributed by atoms with Gasteiger partial charge in [-0.3, -0.25) is 4.79 Å². The second-order valence-corrected chi connectivity index (χ2v) is 17.8. The van der Waals surface area contributed by atoms with Crippen LogP contribution in [0.2, 0.25) is 0 Å². The van der Waals surface area contributed by atoms with Crippen LogP contribution >= 0.6 is 0 Å². The van der Waals surface area contributed by atoms with Gasteiger partial charge in [-0.05, 0) is 99.0 Å². The minimum Gasteiger partial charge on any atom is -0.744 e. The van der Waals surface area contributed by atoms with Gasteiger partial charge in [0.15, 0.2) is 5.71 Å². The van der Waals surface area contributed by atoms with E-state index in [0.29, 0.717) is 49.7 Å². The van der Waals surface area contributed by atoms with Gasteiger partial charge in [0.05, 0.1) is 15.2 Å². The highest BCUT2D eigenvalue weighted by atomic mass is 32.2. The lowest BCUT2D eigenvalue weighted by Gasteiger charge is -2.30. The topological polar surface area (TPSA) is 167 Å². The number of methoxy groups -OCH3 is 1. The fourth-order valence-electron chi connectivity index (χ4n) is 8.61. The third-order valence-electron chi connectivity index (χ3n) is 11.2. The number of ether oxygens (including phenoxy) is 1. The van der Waals surface area contributed by atoms with Gasteiger partial charge in [-0.15, -0.1) is 0 Å². The predicted molar refractivity (Wildman–Crippen MR) is 216 cm³/mol. The second-order valence-electron chi connectivity index (χ2n) is 15.0. The molecule has 0 spiro atoms. The van der Waals surface area contributed by atoms with E-state index in [1.54, 1.807) is 13.2 Å². The monoisotopic (exact) mass is 799 g/mol. The van der Waals surface area contributed by atoms with E-state index in [4.69, 9.17) is 9.84 Å². The van der Waals surface area contributed by atoms with Crippen LogP contribution < -0.4 is 4.90 Å². The first-order valence-electron chi connectivity index (χ1n) is 18.7. The van der Waals surface area contributed by atoms with Crippen molar-refractivity contribution in [3.8, 4) is 0 Å². The van der Waals surface area contributed by atoms with Crippen molar-refractivity contribution >= 4 is 64.8 Å². The number of hydrogen-bond acceptors (Lipinski definition) is 9. The van der Waals surface area contributed by atoms with Gasteiger partial charge >= 0.3 is 5.97 Å². The zero-order valence-corrected chi connectivity index (χ0v) is 33.9. The summed E-state index contributed by atoms with van der Waals surface area (Å²) in [6.07, 6.45) is 12.6. The van der Waals surface area contributed by atoms with Crippen LogP contribution in [0.3, 0.4) is 0 Å². The summed E-state index contributed by atoms with van der Waals surface area (Å²) in [5.41, 5.74) is 4.49. The highest BCUT2D eigenvalue weighted by molar-refractivity contribution is 7.86. The Hall–Kier alpha value is -4.66. The lowest BCUT2D eigenvalue weighted by Crippen LogP contribution is -2.29. The summed E-state index contributed by atoms with van der Waals surface area (Å²) in [5, 5.41) is 11.7. The molecule has 0 aromatic heterocycles. The molecular weight excluding hydrogens is 753 g/mol. The Bertz CT molecular complexity index is 2570. The maximum absolute atomic E-state index is 12.4. The van der Waals surface area contributed by atoms with Crippen LogP contribution in [-0.4, -0.2) is 74.1 Å². The Balaban J connectivity index is 1.43. The van der Waals surface area contributed by atoms with Crippen molar-refractivity contribution in [2.75, 3.05) is 31.7 Å². The fraction of sp³-hybridized carbons (Fsp3) is 0.349. The summed E-state index contributed by atoms with van der Waals surface area (Å²) < 4.78 is 81.4. The molecule has 0 radical (unpaired) electrons. The number of hydrogen-bond donors (Lipinski definition) is 1. The standard InChI is InChI=1S/C43H48N2O9S2/c1-6-44-35-22-20-29-15-12-13-16-31(29)41(35)43(4,24-26-54-5)38(44)18-10-7-9-17-37-42(2,3)40-33-27-30(55(48,49)50)28-36(56(51,52)53)32(33)21-23-34(40)45(37)25-14-8-11-19-39(46)47/h7,9-10,12-13,15-18,20-23,27-28H,6,8,11,14,19,24-26H2,1-5H3,(H2-,46,47,48,49,50,51,52,53)/p-1. The number of fused-ring (bicyclic) bond motifs is 6. The number of allylic oxidation sites excluding steroid dienone is 6. The van der Waals surface area contributed by atoms with Crippen LogP contribution in [0, 0.1) is 0 Å². The summed E-state index contributed by atoms with van der Waals surface area (Å²) in [7, 11) is -8.57. The summed E-state index contributed by atoms with van der Waals surface area (Å²) in [4.78, 5) is 11.9. The number of carbonyl (C=O) groups is 1. The van der Waals surface area contributed by atoms with Crippen LogP contribution in [0.1, 0.15) is 70.9 Å². The molecule has 0 amide bonds. The Morgan fingerprint density at radius 1 is 0.875 bits per heavy atom. The van der Waals surface area contributed by atoms with Crippen molar-refractivity contribution in [2.45, 2.75) is 80.4 Å². The van der Waals surface area contributed by atoms with Gasteiger partial charge in [0, 0.05) is 73.0 Å². The molecule has 4 aromatic carbocycles. The molecule has 1 N–H and O–H groups in total. The molecule has 1 unspecified atom stereocenters. The van der Waals surface area contributed by atoms with Crippen molar-refractivity contribution in [2.24, 2.45) is 0 Å². The zero-order valence-electron chi connectivity index (χ0n) is 32.2. The van der Waals surface area contributed by atoms with Crippen LogP contribution in [0.15, 0.2) is 107 Å². The van der Waals surface area contributed by atoms with Gasteiger partial charge in [-0.25, -0.2) is 16.8 Å². The van der Waals surface area contributed by atoms with E-state index in [2.05, 4.69) is 59.7 Å². The summed E-state index contributed by atoms with van der Waals surface area (Å²) in [6.45, 7) is 10.1. The lowest BCUT2D eigenvalue weighted by molar-refractivity contribution is -0.438. The van der Waals surface area contributed by atoms with E-state index >= 15 is 0 Å². The third kappa shape index (κ3) is 7.58. The molecule has 2 aliphatic rings. The molecule has 296 valence electrons. The second kappa shape index (κ2) is 15.7. The molecule has 0 aliphatic carbocycles. The van der Waals surface area contributed by atoms with E-state index < -0.39 is 41.4 Å². The number of carboxylic acid groups (broad SMARTS) is 1. The van der Waals surface area contributed by atoms with Crippen LogP contribution in [0.4, 0.5) is 11.4 Å². The number of rotatable bonds is 15. The van der Waals surface area contributed by atoms with Gasteiger partial charge in [0.25, 0.3) is 0 Å². The van der Waals surface area contributed by atoms with Gasteiger partial charge in [0.1, 0.15) is 26.8 Å². The number of unbranched alkanes of at least 4 members (excludes halogenated alkanes) is 2. The minimum atomic E-state index is -5.16. The molecule has 11 nitrogen and oxygen atoms in total. The lowest BCUT2D eigenvalue weighted by atomic mass is 9.76. The molecular formula is C43H47N2O9S2-. The average Bonchev–Trinajstić information content (AvgIpc) is 3.51. The molecule has 1 atom stereocenters. The summed E-state index contributed by atoms with van der Waals surface area (Å²) in [5.74, 6) is -0.870. The molecule has 56 heavy (non-hydrogen) atoms. The Morgan fingerprint density at radius 3 is 2.30 bits per heavy atom. The third-order valence-corrected chi connectivity index (χ3v) is 12.9. The number of carboxylic acids is 1. The maximum Gasteiger partial charge on any atom is 0.303 e. The molecule has 0 bridgehead atoms. The molecule has 0 fully saturated rings. The van der Waals surface area contributed by atoms with Crippen molar-refractivity contribution in [3.63, 3.8) is 0 Å². The molecule has 4 aromatic rings. The predicted octanol–water partition coefficient (Wildman–Crippen LogP) is 7.65. The van der Waals surface area contributed by atoms with E-state index in [-0.39, 0.29) is 22.6 Å². The first-order valence-corrected chi connectivity index (χ1v) is 21.5. The summed E-state index contributed by atoms with van der Waals surface area (Å²) >= 11 is 0. The Morgan fingerprint density at radius 2 is 1.62 bits per heavy atom. The number of benzene rings is 4. The molecule has 2 aliphatic heterocycles. The molecule has 13 heteroatoms. The smallest absolute Gasteiger partial charge is 0.303 e. The molecule has 0 saturated heterocycles. The van der Waals surface area contributed by atoms with Gasteiger partial charge in [0.2, 0.25) is 5.69 Å². The van der Waals surface area contributed by atoms with Crippen molar-refractivity contribution in [3.05, 3.63) is 108 Å².